The molecule has 0 bridgehead atoms. The molecule has 0 aromatic rings. The third-order valence-corrected chi connectivity index (χ3v) is 2.81. The first kappa shape index (κ1) is 11.7. The molecule has 0 amide bonds. The van der Waals surface area contributed by atoms with E-state index in [-0.39, 0.29) is 12.1 Å². The molecule has 7 heteroatoms. The smallest absolute Gasteiger partial charge is 0.356 e. The molecule has 0 aromatic carbocycles. The maximum atomic E-state index is 11.2. The van der Waals surface area contributed by atoms with E-state index in [2.05, 4.69) is 9.89 Å². The minimum absolute atomic E-state index is 0.00208. The van der Waals surface area contributed by atoms with Gasteiger partial charge in [0.25, 0.3) is 0 Å². The van der Waals surface area contributed by atoms with Gasteiger partial charge < -0.3 is 19.8 Å². The van der Waals surface area contributed by atoms with Gasteiger partial charge in [-0.05, 0) is 12.2 Å². The summed E-state index contributed by atoms with van der Waals surface area (Å²) in [6.07, 6.45) is -0.695. The molecule has 17 heavy (non-hydrogen) atoms. The number of hydrogen-bond acceptors (Lipinski definition) is 7. The van der Waals surface area contributed by atoms with Gasteiger partial charge in [0.2, 0.25) is 0 Å². The number of carbonyl (C=O) groups excluding carboxylic acids is 2. The minimum atomic E-state index is -1.58. The topological polar surface area (TPSA) is 105 Å². The summed E-state index contributed by atoms with van der Waals surface area (Å²) in [5.74, 6) is -1.29. The lowest BCUT2D eigenvalue weighted by molar-refractivity contribution is -0.149. The fourth-order valence-corrected chi connectivity index (χ4v) is 1.78. The molecule has 7 nitrogen and oxygen atoms in total. The number of hydrogen-bond donors (Lipinski definition) is 2. The molecular formula is C10H11NO6. The van der Waals surface area contributed by atoms with E-state index in [1.54, 1.807) is 0 Å². The molecule has 2 aliphatic rings. The number of aliphatic hydroxyl groups is 2. The Kier molecular flexibility index (Phi) is 2.72. The van der Waals surface area contributed by atoms with Crippen LogP contribution in [0.1, 0.15) is 6.42 Å². The van der Waals surface area contributed by atoms with Crippen LogP contribution in [0.2, 0.25) is 0 Å². The summed E-state index contributed by atoms with van der Waals surface area (Å²) in [5.41, 5.74) is -1.37. The van der Waals surface area contributed by atoms with Gasteiger partial charge in [-0.2, -0.15) is 0 Å². The van der Waals surface area contributed by atoms with Crippen LogP contribution in [-0.2, 0) is 19.2 Å². The van der Waals surface area contributed by atoms with Gasteiger partial charge in [0.15, 0.2) is 17.1 Å². The predicted molar refractivity (Wildman–Crippen MR) is 54.0 cm³/mol. The van der Waals surface area contributed by atoms with Gasteiger partial charge in [0.05, 0.1) is 7.11 Å². The van der Waals surface area contributed by atoms with Crippen LogP contribution in [0.4, 0.5) is 0 Å². The second kappa shape index (κ2) is 3.94. The zero-order valence-corrected chi connectivity index (χ0v) is 8.99. The number of nitrogens with zero attached hydrogens (tertiary/aromatic N) is 1. The number of ether oxygens (including phenoxy) is 1. The van der Waals surface area contributed by atoms with E-state index >= 15 is 0 Å². The van der Waals surface area contributed by atoms with E-state index in [1.807, 2.05) is 0 Å². The van der Waals surface area contributed by atoms with Crippen molar-refractivity contribution in [1.29, 1.82) is 0 Å². The second-order valence-corrected chi connectivity index (χ2v) is 3.88. The van der Waals surface area contributed by atoms with Crippen molar-refractivity contribution in [3.63, 3.8) is 0 Å². The Bertz CT molecular complexity index is 429. The molecule has 0 radical (unpaired) electrons. The van der Waals surface area contributed by atoms with Crippen molar-refractivity contribution in [2.24, 2.45) is 5.16 Å². The highest BCUT2D eigenvalue weighted by molar-refractivity contribution is 6.37. The van der Waals surface area contributed by atoms with Crippen LogP contribution in [0.5, 0.6) is 0 Å². The van der Waals surface area contributed by atoms with Gasteiger partial charge >= 0.3 is 5.97 Å². The van der Waals surface area contributed by atoms with Crippen molar-refractivity contribution >= 4 is 17.5 Å². The van der Waals surface area contributed by atoms with E-state index in [0.29, 0.717) is 0 Å². The monoisotopic (exact) mass is 241 g/mol. The van der Waals surface area contributed by atoms with Crippen molar-refractivity contribution < 1.29 is 29.4 Å². The molecule has 0 aromatic heterocycles. The first-order chi connectivity index (χ1) is 8.00. The number of methoxy groups -OCH3 is 1. The van der Waals surface area contributed by atoms with Crippen molar-refractivity contribution in [1.82, 2.24) is 0 Å². The number of rotatable bonds is 1. The standard InChI is InChI=1S/C10H11NO6/c1-16-9(15)5-4-10(17-11-5)3-2-6(12)7(13)8(10)14/h2-3,7-8,13-14H,4H2,1H3/t7-,8-,10-/m1/s1. The molecule has 1 aliphatic heterocycles. The Morgan fingerprint density at radius 2 is 2.35 bits per heavy atom. The van der Waals surface area contributed by atoms with Crippen molar-refractivity contribution in [2.45, 2.75) is 24.2 Å². The van der Waals surface area contributed by atoms with Gasteiger partial charge in [0, 0.05) is 6.42 Å². The van der Waals surface area contributed by atoms with E-state index in [9.17, 15) is 19.8 Å². The molecule has 1 spiro atoms. The molecule has 2 N–H and O–H groups in total. The van der Waals surface area contributed by atoms with Crippen LogP contribution in [0.25, 0.3) is 0 Å². The number of oxime groups is 1. The fourth-order valence-electron chi connectivity index (χ4n) is 1.78. The molecule has 2 rings (SSSR count). The quantitative estimate of drug-likeness (QED) is 0.543. The largest absolute Gasteiger partial charge is 0.464 e. The van der Waals surface area contributed by atoms with Crippen molar-refractivity contribution in [3.05, 3.63) is 12.2 Å². The van der Waals surface area contributed by atoms with Gasteiger partial charge in [-0.15, -0.1) is 0 Å². The first-order valence-corrected chi connectivity index (χ1v) is 4.93. The van der Waals surface area contributed by atoms with Crippen LogP contribution in [0.3, 0.4) is 0 Å². The summed E-state index contributed by atoms with van der Waals surface area (Å²) in [5, 5.41) is 22.8. The third-order valence-electron chi connectivity index (χ3n) is 2.81. The highest BCUT2D eigenvalue weighted by atomic mass is 16.7. The third kappa shape index (κ3) is 1.73. The Hall–Kier alpha value is -1.73. The summed E-state index contributed by atoms with van der Waals surface area (Å²) in [6, 6.07) is 0. The Labute approximate surface area is 96.3 Å². The van der Waals surface area contributed by atoms with E-state index < -0.39 is 29.6 Å². The maximum absolute atomic E-state index is 11.2. The summed E-state index contributed by atoms with van der Waals surface area (Å²) in [7, 11) is 1.20. The molecule has 1 aliphatic carbocycles. The predicted octanol–water partition coefficient (Wildman–Crippen LogP) is -1.46. The zero-order valence-electron chi connectivity index (χ0n) is 8.99. The van der Waals surface area contributed by atoms with E-state index in [4.69, 9.17) is 4.84 Å². The average Bonchev–Trinajstić information content (AvgIpc) is 2.77. The Morgan fingerprint density at radius 3 is 3.00 bits per heavy atom. The highest BCUT2D eigenvalue weighted by Gasteiger charge is 2.52. The van der Waals surface area contributed by atoms with Gasteiger partial charge in [0.1, 0.15) is 12.2 Å². The average molecular weight is 241 g/mol. The van der Waals surface area contributed by atoms with Crippen LogP contribution in [-0.4, -0.2) is 52.6 Å². The van der Waals surface area contributed by atoms with Gasteiger partial charge in [-0.1, -0.05) is 5.16 Å². The first-order valence-electron chi connectivity index (χ1n) is 4.93. The van der Waals surface area contributed by atoms with Gasteiger partial charge in [-0.25, -0.2) is 4.79 Å². The maximum Gasteiger partial charge on any atom is 0.356 e. The normalized spacial score (nSPS) is 35.7. The number of carbonyl (C=O) groups is 2. The molecule has 0 unspecified atom stereocenters. The van der Waals surface area contributed by atoms with Crippen molar-refractivity contribution in [3.8, 4) is 0 Å². The molecule has 0 saturated heterocycles. The lowest BCUT2D eigenvalue weighted by atomic mass is 9.82. The van der Waals surface area contributed by atoms with E-state index in [1.165, 1.54) is 13.2 Å². The van der Waals surface area contributed by atoms with Crippen LogP contribution in [0, 0.1) is 0 Å². The summed E-state index contributed by atoms with van der Waals surface area (Å²) >= 11 is 0. The van der Waals surface area contributed by atoms with Crippen molar-refractivity contribution in [2.75, 3.05) is 7.11 Å². The molecule has 1 heterocycles. The lowest BCUT2D eigenvalue weighted by Gasteiger charge is -2.33. The Balaban J connectivity index is 2.22. The molecular weight excluding hydrogens is 230 g/mol. The number of esters is 1. The summed E-state index contributed by atoms with van der Waals surface area (Å²) in [6.45, 7) is 0. The molecule has 0 fully saturated rings. The second-order valence-electron chi connectivity index (χ2n) is 3.88. The SMILES string of the molecule is COC(=O)C1=NO[C@]2(C=CC(=O)[C@@H](O)[C@H]2O)C1. The molecule has 92 valence electrons. The molecule has 3 atom stereocenters. The fraction of sp³-hybridized carbons (Fsp3) is 0.500. The van der Waals surface area contributed by atoms with Gasteiger partial charge in [-0.3, -0.25) is 4.79 Å². The Morgan fingerprint density at radius 1 is 1.65 bits per heavy atom. The lowest BCUT2D eigenvalue weighted by Crippen LogP contribution is -2.53. The number of aliphatic hydroxyl groups excluding tert-OH is 2. The van der Waals surface area contributed by atoms with Crippen LogP contribution < -0.4 is 0 Å². The zero-order chi connectivity index (χ0) is 12.6. The summed E-state index contributed by atoms with van der Waals surface area (Å²) < 4.78 is 4.47. The van der Waals surface area contributed by atoms with Crippen LogP contribution >= 0.6 is 0 Å². The molecule has 0 saturated carbocycles. The van der Waals surface area contributed by atoms with E-state index in [0.717, 1.165) is 6.08 Å². The number of ketones is 1. The van der Waals surface area contributed by atoms with Crippen LogP contribution in [0.15, 0.2) is 17.3 Å². The minimum Gasteiger partial charge on any atom is -0.464 e. The highest BCUT2D eigenvalue weighted by Crippen LogP contribution is 2.34. The summed E-state index contributed by atoms with van der Waals surface area (Å²) in [4.78, 5) is 27.3.